The van der Waals surface area contributed by atoms with Gasteiger partial charge in [-0.3, -0.25) is 4.68 Å². The first kappa shape index (κ1) is 13.2. The molecule has 1 N–H and O–H groups in total. The molecule has 0 aliphatic carbocycles. The summed E-state index contributed by atoms with van der Waals surface area (Å²) < 4.78 is 16.5. The molecule has 96 valence electrons. The second-order valence-electron chi connectivity index (χ2n) is 4.07. The molecule has 2 rings (SSSR count). The van der Waals surface area contributed by atoms with Gasteiger partial charge in [-0.25, -0.2) is 4.39 Å². The summed E-state index contributed by atoms with van der Waals surface area (Å²) in [6.45, 7) is 2.75. The molecule has 1 atom stereocenters. The number of nitrogens with zero attached hydrogens (tertiary/aromatic N) is 2. The Morgan fingerprint density at radius 3 is 2.83 bits per heavy atom. The highest BCUT2D eigenvalue weighted by Gasteiger charge is 2.20. The van der Waals surface area contributed by atoms with Gasteiger partial charge in [-0.15, -0.1) is 0 Å². The van der Waals surface area contributed by atoms with Crippen LogP contribution < -0.4 is 5.32 Å². The van der Waals surface area contributed by atoms with Crippen LogP contribution in [-0.4, -0.2) is 16.3 Å². The number of rotatable bonds is 4. The molecule has 1 aromatic carbocycles. The van der Waals surface area contributed by atoms with E-state index in [0.29, 0.717) is 5.56 Å². The van der Waals surface area contributed by atoms with Crippen LogP contribution in [0.5, 0.6) is 0 Å². The third-order valence-corrected chi connectivity index (χ3v) is 3.45. The highest BCUT2D eigenvalue weighted by atomic mass is 79.9. The Balaban J connectivity index is 2.47. The minimum absolute atomic E-state index is 0.195. The summed E-state index contributed by atoms with van der Waals surface area (Å²) in [6, 6.07) is 4.81. The summed E-state index contributed by atoms with van der Waals surface area (Å²) in [6.07, 6.45) is 3.65. The van der Waals surface area contributed by atoms with Crippen LogP contribution in [0.4, 0.5) is 4.39 Å². The van der Waals surface area contributed by atoms with E-state index >= 15 is 0 Å². The van der Waals surface area contributed by atoms with E-state index in [1.807, 2.05) is 26.2 Å². The molecule has 0 radical (unpaired) electrons. The minimum Gasteiger partial charge on any atom is -0.306 e. The summed E-state index contributed by atoms with van der Waals surface area (Å²) in [5, 5.41) is 7.43. The normalized spacial score (nSPS) is 12.7. The number of benzene rings is 1. The van der Waals surface area contributed by atoms with Crippen LogP contribution in [0.25, 0.3) is 0 Å². The summed E-state index contributed by atoms with van der Waals surface area (Å²) in [7, 11) is 1.85. The highest BCUT2D eigenvalue weighted by molar-refractivity contribution is 9.10. The number of hydrogen-bond donors (Lipinski definition) is 1. The first-order valence-corrected chi connectivity index (χ1v) is 6.58. The van der Waals surface area contributed by atoms with E-state index in [2.05, 4.69) is 26.3 Å². The lowest BCUT2D eigenvalue weighted by atomic mass is 10.0. The zero-order valence-corrected chi connectivity index (χ0v) is 11.9. The van der Waals surface area contributed by atoms with Gasteiger partial charge in [0, 0.05) is 28.8 Å². The van der Waals surface area contributed by atoms with E-state index in [1.165, 1.54) is 6.07 Å². The van der Waals surface area contributed by atoms with Crippen LogP contribution in [0.1, 0.15) is 24.1 Å². The quantitative estimate of drug-likeness (QED) is 0.940. The molecular weight excluding hydrogens is 297 g/mol. The standard InChI is InChI=1S/C13H15BrFN3/c1-3-16-13(9-7-17-18(2)8-9)12-10(14)5-4-6-11(12)15/h4-8,13,16H,3H2,1-2H3. The lowest BCUT2D eigenvalue weighted by Gasteiger charge is -2.19. The predicted octanol–water partition coefficient (Wildman–Crippen LogP) is 3.02. The van der Waals surface area contributed by atoms with Gasteiger partial charge in [-0.2, -0.15) is 5.10 Å². The van der Waals surface area contributed by atoms with Gasteiger partial charge < -0.3 is 5.32 Å². The molecule has 0 saturated carbocycles. The first-order valence-electron chi connectivity index (χ1n) is 5.79. The van der Waals surface area contributed by atoms with Gasteiger partial charge in [-0.05, 0) is 18.7 Å². The summed E-state index contributed by atoms with van der Waals surface area (Å²) >= 11 is 3.41. The molecule has 5 heteroatoms. The molecule has 0 bridgehead atoms. The van der Waals surface area contributed by atoms with Crippen molar-refractivity contribution in [3.05, 3.63) is 52.0 Å². The summed E-state index contributed by atoms with van der Waals surface area (Å²) in [5.41, 5.74) is 1.57. The Hall–Kier alpha value is -1.20. The van der Waals surface area contributed by atoms with Gasteiger partial charge in [0.2, 0.25) is 0 Å². The van der Waals surface area contributed by atoms with Crippen molar-refractivity contribution in [3.8, 4) is 0 Å². The van der Waals surface area contributed by atoms with E-state index in [9.17, 15) is 4.39 Å². The fourth-order valence-corrected chi connectivity index (χ4v) is 2.54. The third kappa shape index (κ3) is 2.62. The van der Waals surface area contributed by atoms with E-state index in [1.54, 1.807) is 16.9 Å². The molecule has 0 saturated heterocycles. The number of hydrogen-bond acceptors (Lipinski definition) is 2. The molecule has 0 spiro atoms. The molecule has 0 amide bonds. The molecule has 1 aromatic heterocycles. The Labute approximate surface area is 114 Å². The second kappa shape index (κ2) is 5.63. The SMILES string of the molecule is CCNC(c1cnn(C)c1)c1c(F)cccc1Br. The van der Waals surface area contributed by atoms with Gasteiger partial charge >= 0.3 is 0 Å². The van der Waals surface area contributed by atoms with Crippen LogP contribution >= 0.6 is 15.9 Å². The van der Waals surface area contributed by atoms with Crippen LogP contribution in [0.3, 0.4) is 0 Å². The lowest BCUT2D eigenvalue weighted by molar-refractivity contribution is 0.556. The Bertz CT molecular complexity index is 519. The van der Waals surface area contributed by atoms with Gasteiger partial charge in [0.15, 0.2) is 0 Å². The third-order valence-electron chi connectivity index (χ3n) is 2.75. The Morgan fingerprint density at radius 2 is 2.28 bits per heavy atom. The lowest BCUT2D eigenvalue weighted by Crippen LogP contribution is -2.23. The fourth-order valence-electron chi connectivity index (χ4n) is 1.97. The zero-order chi connectivity index (χ0) is 13.1. The smallest absolute Gasteiger partial charge is 0.129 e. The minimum atomic E-state index is -0.223. The van der Waals surface area contributed by atoms with Crippen LogP contribution in [-0.2, 0) is 7.05 Å². The van der Waals surface area contributed by atoms with Crippen molar-refractivity contribution in [1.82, 2.24) is 15.1 Å². The summed E-state index contributed by atoms with van der Waals surface area (Å²) in [4.78, 5) is 0. The topological polar surface area (TPSA) is 29.9 Å². The van der Waals surface area contributed by atoms with E-state index in [-0.39, 0.29) is 11.9 Å². The van der Waals surface area contributed by atoms with Gasteiger partial charge in [0.1, 0.15) is 5.82 Å². The molecule has 0 aliphatic heterocycles. The fraction of sp³-hybridized carbons (Fsp3) is 0.308. The Morgan fingerprint density at radius 1 is 1.50 bits per heavy atom. The highest BCUT2D eigenvalue weighted by Crippen LogP contribution is 2.30. The number of halogens is 2. The maximum Gasteiger partial charge on any atom is 0.129 e. The van der Waals surface area contributed by atoms with Gasteiger partial charge in [0.25, 0.3) is 0 Å². The van der Waals surface area contributed by atoms with Crippen molar-refractivity contribution in [1.29, 1.82) is 0 Å². The molecule has 1 unspecified atom stereocenters. The van der Waals surface area contributed by atoms with E-state index < -0.39 is 0 Å². The monoisotopic (exact) mass is 311 g/mol. The first-order chi connectivity index (χ1) is 8.63. The maximum atomic E-state index is 14.0. The van der Waals surface area contributed by atoms with E-state index in [4.69, 9.17) is 0 Å². The molecule has 18 heavy (non-hydrogen) atoms. The molecule has 0 fully saturated rings. The van der Waals surface area contributed by atoms with Gasteiger partial charge in [0.05, 0.1) is 12.2 Å². The molecule has 2 aromatic rings. The second-order valence-corrected chi connectivity index (χ2v) is 4.93. The van der Waals surface area contributed by atoms with Crippen LogP contribution in [0.2, 0.25) is 0 Å². The van der Waals surface area contributed by atoms with Crippen molar-refractivity contribution in [3.63, 3.8) is 0 Å². The van der Waals surface area contributed by atoms with Crippen molar-refractivity contribution in [2.75, 3.05) is 6.54 Å². The average Bonchev–Trinajstić information content (AvgIpc) is 2.74. The molecule has 0 aliphatic rings. The average molecular weight is 312 g/mol. The number of aryl methyl sites for hydroxylation is 1. The molecule has 1 heterocycles. The molecule has 3 nitrogen and oxygen atoms in total. The number of aromatic nitrogens is 2. The Kier molecular flexibility index (Phi) is 4.14. The van der Waals surface area contributed by atoms with E-state index in [0.717, 1.165) is 16.6 Å². The number of nitrogens with one attached hydrogen (secondary N) is 1. The van der Waals surface area contributed by atoms with Crippen molar-refractivity contribution < 1.29 is 4.39 Å². The predicted molar refractivity (Wildman–Crippen MR) is 72.8 cm³/mol. The molecular formula is C13H15BrFN3. The van der Waals surface area contributed by atoms with Crippen molar-refractivity contribution in [2.45, 2.75) is 13.0 Å². The van der Waals surface area contributed by atoms with Gasteiger partial charge in [-0.1, -0.05) is 28.9 Å². The zero-order valence-electron chi connectivity index (χ0n) is 10.3. The van der Waals surface area contributed by atoms with Crippen LogP contribution in [0.15, 0.2) is 35.1 Å². The van der Waals surface area contributed by atoms with Crippen molar-refractivity contribution >= 4 is 15.9 Å². The largest absolute Gasteiger partial charge is 0.306 e. The van der Waals surface area contributed by atoms with Crippen molar-refractivity contribution in [2.24, 2.45) is 7.05 Å². The maximum absolute atomic E-state index is 14.0. The van der Waals surface area contributed by atoms with Crippen LogP contribution in [0, 0.1) is 5.82 Å². The summed E-state index contributed by atoms with van der Waals surface area (Å²) in [5.74, 6) is -0.223.